The van der Waals surface area contributed by atoms with Crippen LogP contribution >= 0.6 is 0 Å². The van der Waals surface area contributed by atoms with E-state index in [1.807, 2.05) is 11.0 Å². The van der Waals surface area contributed by atoms with Crippen LogP contribution in [0.3, 0.4) is 0 Å². The summed E-state index contributed by atoms with van der Waals surface area (Å²) in [6.45, 7) is 2.25. The monoisotopic (exact) mass is 416 g/mol. The van der Waals surface area contributed by atoms with E-state index in [0.717, 1.165) is 11.1 Å². The summed E-state index contributed by atoms with van der Waals surface area (Å²) in [4.78, 5) is 26.0. The van der Waals surface area contributed by atoms with Crippen molar-refractivity contribution in [2.45, 2.75) is 25.8 Å². The maximum absolute atomic E-state index is 13.3. The van der Waals surface area contributed by atoms with Crippen LogP contribution in [0.4, 0.5) is 10.1 Å². The summed E-state index contributed by atoms with van der Waals surface area (Å²) in [6.07, 6.45) is 0.500. The van der Waals surface area contributed by atoms with Gasteiger partial charge >= 0.3 is 5.97 Å². The van der Waals surface area contributed by atoms with E-state index in [2.05, 4.69) is 5.32 Å². The van der Waals surface area contributed by atoms with Crippen molar-refractivity contribution < 1.29 is 28.6 Å². The SMILES string of the molecule is COc1cc2c(cc1OC)[C@H](CC(=O)O)N(CC(=O)Nc1ccc(F)cc1C)CC2. The number of carboxylic acids is 1. The highest BCUT2D eigenvalue weighted by Gasteiger charge is 2.32. The van der Waals surface area contributed by atoms with Crippen LogP contribution in [0.15, 0.2) is 30.3 Å². The number of nitrogens with zero attached hydrogens (tertiary/aromatic N) is 1. The average molecular weight is 416 g/mol. The number of halogens is 1. The molecule has 1 aliphatic heterocycles. The zero-order chi connectivity index (χ0) is 21.8. The molecule has 0 saturated carbocycles. The van der Waals surface area contributed by atoms with Gasteiger partial charge in [0.1, 0.15) is 5.82 Å². The van der Waals surface area contributed by atoms with Gasteiger partial charge in [-0.1, -0.05) is 0 Å². The Hall–Kier alpha value is -3.13. The summed E-state index contributed by atoms with van der Waals surface area (Å²) in [6, 6.07) is 7.32. The van der Waals surface area contributed by atoms with E-state index < -0.39 is 12.0 Å². The Bertz CT molecular complexity index is 963. The van der Waals surface area contributed by atoms with Crippen molar-refractivity contribution in [2.24, 2.45) is 0 Å². The summed E-state index contributed by atoms with van der Waals surface area (Å²) in [5.41, 5.74) is 2.93. The van der Waals surface area contributed by atoms with Crippen LogP contribution in [0, 0.1) is 12.7 Å². The largest absolute Gasteiger partial charge is 0.493 e. The van der Waals surface area contributed by atoms with E-state index in [4.69, 9.17) is 9.47 Å². The number of anilines is 1. The molecule has 30 heavy (non-hydrogen) atoms. The van der Waals surface area contributed by atoms with Crippen LogP contribution in [0.5, 0.6) is 11.5 Å². The Morgan fingerprint density at radius 1 is 1.20 bits per heavy atom. The van der Waals surface area contributed by atoms with Crippen molar-refractivity contribution in [2.75, 3.05) is 32.6 Å². The molecule has 2 aromatic rings. The second-order valence-corrected chi connectivity index (χ2v) is 7.25. The van der Waals surface area contributed by atoms with E-state index >= 15 is 0 Å². The first kappa shape index (κ1) is 21.6. The number of fused-ring (bicyclic) bond motifs is 1. The minimum absolute atomic E-state index is 0.0164. The standard InChI is InChI=1S/C22H25FN2O5/c1-13-8-15(23)4-5-17(13)24-21(26)12-25-7-6-14-9-19(29-2)20(30-3)10-16(14)18(25)11-22(27)28/h4-5,8-10,18H,6-7,11-12H2,1-3H3,(H,24,26)(H,27,28)/t18-/m0/s1. The molecule has 160 valence electrons. The van der Waals surface area contributed by atoms with Crippen LogP contribution < -0.4 is 14.8 Å². The third kappa shape index (κ3) is 4.71. The van der Waals surface area contributed by atoms with Gasteiger partial charge in [0.2, 0.25) is 5.91 Å². The lowest BCUT2D eigenvalue weighted by Gasteiger charge is -2.36. The van der Waals surface area contributed by atoms with Gasteiger partial charge in [-0.2, -0.15) is 0 Å². The number of amides is 1. The Morgan fingerprint density at radius 2 is 1.90 bits per heavy atom. The van der Waals surface area contributed by atoms with Gasteiger partial charge in [-0.15, -0.1) is 0 Å². The Labute approximate surface area is 174 Å². The number of rotatable bonds is 7. The third-order valence-electron chi connectivity index (χ3n) is 5.29. The fourth-order valence-electron chi connectivity index (χ4n) is 3.82. The Kier molecular flexibility index (Phi) is 6.56. The van der Waals surface area contributed by atoms with Crippen LogP contribution in [0.25, 0.3) is 0 Å². The van der Waals surface area contributed by atoms with Crippen molar-refractivity contribution in [3.8, 4) is 11.5 Å². The lowest BCUT2D eigenvalue weighted by molar-refractivity contribution is -0.139. The highest BCUT2D eigenvalue weighted by molar-refractivity contribution is 5.93. The van der Waals surface area contributed by atoms with Crippen LogP contribution in [-0.4, -0.2) is 49.2 Å². The number of aryl methyl sites for hydroxylation is 1. The van der Waals surface area contributed by atoms with Gasteiger partial charge in [-0.05, 0) is 60.4 Å². The van der Waals surface area contributed by atoms with Gasteiger partial charge in [0.15, 0.2) is 11.5 Å². The van der Waals surface area contributed by atoms with Crippen LogP contribution in [-0.2, 0) is 16.0 Å². The number of carbonyl (C=O) groups is 2. The molecule has 0 radical (unpaired) electrons. The van der Waals surface area contributed by atoms with Gasteiger partial charge in [-0.25, -0.2) is 4.39 Å². The quantitative estimate of drug-likeness (QED) is 0.721. The normalized spacial score (nSPS) is 15.9. The molecule has 1 atom stereocenters. The molecule has 0 unspecified atom stereocenters. The van der Waals surface area contributed by atoms with Crippen LogP contribution in [0.1, 0.15) is 29.2 Å². The second-order valence-electron chi connectivity index (χ2n) is 7.25. The lowest BCUT2D eigenvalue weighted by atomic mass is 9.90. The number of aliphatic carboxylic acids is 1. The first-order chi connectivity index (χ1) is 14.3. The molecular weight excluding hydrogens is 391 g/mol. The summed E-state index contributed by atoms with van der Waals surface area (Å²) in [5, 5.41) is 12.2. The summed E-state index contributed by atoms with van der Waals surface area (Å²) in [5.74, 6) is -0.515. The van der Waals surface area contributed by atoms with Gasteiger partial charge in [-0.3, -0.25) is 14.5 Å². The fourth-order valence-corrected chi connectivity index (χ4v) is 3.82. The number of hydrogen-bond donors (Lipinski definition) is 2. The Balaban J connectivity index is 1.84. The van der Waals surface area contributed by atoms with Crippen LogP contribution in [0.2, 0.25) is 0 Å². The third-order valence-corrected chi connectivity index (χ3v) is 5.29. The van der Waals surface area contributed by atoms with Crippen molar-refractivity contribution >= 4 is 17.6 Å². The molecule has 8 heteroatoms. The van der Waals surface area contributed by atoms with Gasteiger partial charge in [0.25, 0.3) is 0 Å². The molecule has 0 aromatic heterocycles. The smallest absolute Gasteiger partial charge is 0.305 e. The molecule has 3 rings (SSSR count). The number of ether oxygens (including phenoxy) is 2. The van der Waals surface area contributed by atoms with Gasteiger partial charge < -0.3 is 19.9 Å². The van der Waals surface area contributed by atoms with E-state index in [1.165, 1.54) is 25.3 Å². The van der Waals surface area contributed by atoms with Crippen molar-refractivity contribution in [3.63, 3.8) is 0 Å². The maximum Gasteiger partial charge on any atom is 0.305 e. The molecule has 2 N–H and O–H groups in total. The topological polar surface area (TPSA) is 88.1 Å². The lowest BCUT2D eigenvalue weighted by Crippen LogP contribution is -2.41. The van der Waals surface area contributed by atoms with E-state index in [9.17, 15) is 19.1 Å². The molecule has 0 aliphatic carbocycles. The van der Waals surface area contributed by atoms with E-state index in [-0.39, 0.29) is 24.7 Å². The summed E-state index contributed by atoms with van der Waals surface area (Å²) < 4.78 is 24.0. The van der Waals surface area contributed by atoms with E-state index in [1.54, 1.807) is 20.1 Å². The van der Waals surface area contributed by atoms with Crippen molar-refractivity contribution in [1.29, 1.82) is 0 Å². The zero-order valence-electron chi connectivity index (χ0n) is 17.2. The molecule has 0 bridgehead atoms. The molecule has 0 fully saturated rings. The minimum atomic E-state index is -0.956. The highest BCUT2D eigenvalue weighted by atomic mass is 19.1. The fraction of sp³-hybridized carbons (Fsp3) is 0.364. The number of carbonyl (C=O) groups excluding carboxylic acids is 1. The second kappa shape index (κ2) is 9.13. The molecule has 1 amide bonds. The number of carboxylic acid groups (broad SMARTS) is 1. The molecule has 1 aliphatic rings. The molecular formula is C22H25FN2O5. The first-order valence-corrected chi connectivity index (χ1v) is 9.59. The predicted molar refractivity (Wildman–Crippen MR) is 110 cm³/mol. The molecule has 1 heterocycles. The van der Waals surface area contributed by atoms with Gasteiger partial charge in [0, 0.05) is 18.3 Å². The minimum Gasteiger partial charge on any atom is -0.493 e. The maximum atomic E-state index is 13.3. The summed E-state index contributed by atoms with van der Waals surface area (Å²) in [7, 11) is 3.07. The van der Waals surface area contributed by atoms with Gasteiger partial charge in [0.05, 0.1) is 27.2 Å². The molecule has 2 aromatic carbocycles. The number of benzene rings is 2. The van der Waals surface area contributed by atoms with Crippen molar-refractivity contribution in [3.05, 3.63) is 52.8 Å². The number of hydrogen-bond acceptors (Lipinski definition) is 5. The van der Waals surface area contributed by atoms with E-state index in [0.29, 0.717) is 35.7 Å². The zero-order valence-corrected chi connectivity index (χ0v) is 17.2. The molecule has 0 spiro atoms. The number of methoxy groups -OCH3 is 2. The highest BCUT2D eigenvalue weighted by Crippen LogP contribution is 2.39. The number of nitrogens with one attached hydrogen (secondary N) is 1. The summed E-state index contributed by atoms with van der Waals surface area (Å²) >= 11 is 0. The average Bonchev–Trinajstić information content (AvgIpc) is 2.70. The van der Waals surface area contributed by atoms with Crippen molar-refractivity contribution in [1.82, 2.24) is 4.90 Å². The first-order valence-electron chi connectivity index (χ1n) is 9.59. The molecule has 0 saturated heterocycles. The predicted octanol–water partition coefficient (Wildman–Crippen LogP) is 3.16. The molecule has 7 nitrogen and oxygen atoms in total. The Morgan fingerprint density at radius 3 is 2.53 bits per heavy atom.